The van der Waals surface area contributed by atoms with Crippen molar-refractivity contribution in [3.8, 4) is 5.75 Å². The summed E-state index contributed by atoms with van der Waals surface area (Å²) in [6, 6.07) is 10.5. The van der Waals surface area contributed by atoms with E-state index in [4.69, 9.17) is 28.6 Å². The Kier molecular flexibility index (Phi) is 5.41. The first-order valence-electron chi connectivity index (χ1n) is 8.81. The number of hydrogen-bond acceptors (Lipinski definition) is 6. The number of rotatable bonds is 4. The van der Waals surface area contributed by atoms with Gasteiger partial charge in [0.25, 0.3) is 5.91 Å². The molecular formula is C19H17ClN6O2S. The van der Waals surface area contributed by atoms with Crippen molar-refractivity contribution in [2.75, 3.05) is 18.6 Å². The third-order valence-corrected chi connectivity index (χ3v) is 5.17. The predicted octanol–water partition coefficient (Wildman–Crippen LogP) is 2.33. The van der Waals surface area contributed by atoms with Gasteiger partial charge in [-0.25, -0.2) is 14.6 Å². The quantitative estimate of drug-likeness (QED) is 0.638. The van der Waals surface area contributed by atoms with Gasteiger partial charge in [0.1, 0.15) is 24.0 Å². The van der Waals surface area contributed by atoms with Crippen LogP contribution >= 0.6 is 23.8 Å². The predicted molar refractivity (Wildman–Crippen MR) is 113 cm³/mol. The number of halogens is 1. The monoisotopic (exact) mass is 428 g/mol. The van der Waals surface area contributed by atoms with Gasteiger partial charge in [-0.05, 0) is 29.8 Å². The van der Waals surface area contributed by atoms with Crippen molar-refractivity contribution in [2.24, 2.45) is 0 Å². The first-order valence-corrected chi connectivity index (χ1v) is 9.60. The number of amides is 1. The van der Waals surface area contributed by atoms with Gasteiger partial charge in [0.05, 0.1) is 6.54 Å². The molecule has 1 amide bonds. The molecule has 1 unspecified atom stereocenters. The highest BCUT2D eigenvalue weighted by Crippen LogP contribution is 2.27. The van der Waals surface area contributed by atoms with Gasteiger partial charge in [0, 0.05) is 18.3 Å². The Bertz CT molecular complexity index is 1070. The Morgan fingerprint density at radius 1 is 1.34 bits per heavy atom. The maximum atomic E-state index is 12.7. The van der Waals surface area contributed by atoms with E-state index in [2.05, 4.69) is 20.4 Å². The highest BCUT2D eigenvalue weighted by atomic mass is 35.5. The normalized spacial score (nSPS) is 16.0. The molecule has 0 aliphatic carbocycles. The molecule has 3 heterocycles. The van der Waals surface area contributed by atoms with E-state index >= 15 is 0 Å². The molecule has 0 bridgehead atoms. The second-order valence-electron chi connectivity index (χ2n) is 6.46. The number of nitrogens with zero attached hydrogens (tertiary/aromatic N) is 5. The number of carbonyl (C=O) groups is 1. The summed E-state index contributed by atoms with van der Waals surface area (Å²) >= 11 is 11.5. The summed E-state index contributed by atoms with van der Waals surface area (Å²) in [5, 5.41) is 7.73. The molecule has 2 aromatic heterocycles. The lowest BCUT2D eigenvalue weighted by Gasteiger charge is -2.22. The molecule has 1 atom stereocenters. The number of fused-ring (bicyclic) bond motifs is 1. The summed E-state index contributed by atoms with van der Waals surface area (Å²) < 4.78 is 7.35. The zero-order valence-corrected chi connectivity index (χ0v) is 17.0. The molecule has 1 N–H and O–H groups in total. The second-order valence-corrected chi connectivity index (χ2v) is 7.31. The minimum atomic E-state index is -0.517. The number of pyridine rings is 1. The molecule has 4 rings (SSSR count). The molecule has 148 valence electrons. The third-order valence-electron chi connectivity index (χ3n) is 4.38. The number of anilines is 1. The maximum absolute atomic E-state index is 12.7. The smallest absolute Gasteiger partial charge is 0.291 e. The van der Waals surface area contributed by atoms with Crippen LogP contribution in [0.5, 0.6) is 5.75 Å². The van der Waals surface area contributed by atoms with Gasteiger partial charge in [0.2, 0.25) is 5.82 Å². The van der Waals surface area contributed by atoms with E-state index in [1.54, 1.807) is 35.0 Å². The largest absolute Gasteiger partial charge is 0.487 e. The van der Waals surface area contributed by atoms with Crippen molar-refractivity contribution in [1.29, 1.82) is 0 Å². The molecule has 0 radical (unpaired) electrons. The second kappa shape index (κ2) is 8.14. The zero-order valence-electron chi connectivity index (χ0n) is 15.4. The van der Waals surface area contributed by atoms with Crippen LogP contribution in [0.1, 0.15) is 16.2 Å². The number of hydrogen-bond donors (Lipinski definition) is 1. The molecule has 29 heavy (non-hydrogen) atoms. The van der Waals surface area contributed by atoms with Crippen molar-refractivity contribution in [2.45, 2.75) is 12.6 Å². The number of thiocarbonyl (C=S) groups is 1. The van der Waals surface area contributed by atoms with Crippen LogP contribution in [-0.2, 0) is 6.54 Å². The highest BCUT2D eigenvalue weighted by Gasteiger charge is 2.29. The Balaban J connectivity index is 1.44. The molecule has 1 aliphatic heterocycles. The summed E-state index contributed by atoms with van der Waals surface area (Å²) in [7, 11) is 1.79. The molecule has 1 aliphatic rings. The summed E-state index contributed by atoms with van der Waals surface area (Å²) in [4.78, 5) is 23.3. The van der Waals surface area contributed by atoms with Crippen molar-refractivity contribution in [1.82, 2.24) is 25.1 Å². The molecule has 10 heteroatoms. The molecular weight excluding hydrogens is 412 g/mol. The molecule has 0 saturated heterocycles. The minimum absolute atomic E-state index is 0.0531. The van der Waals surface area contributed by atoms with Crippen LogP contribution in [0.15, 0.2) is 48.9 Å². The molecule has 0 spiro atoms. The van der Waals surface area contributed by atoms with E-state index in [0.717, 1.165) is 5.56 Å². The first kappa shape index (κ1) is 19.3. The van der Waals surface area contributed by atoms with Gasteiger partial charge in [-0.2, -0.15) is 0 Å². The maximum Gasteiger partial charge on any atom is 0.291 e. The molecule has 3 aromatic rings. The minimum Gasteiger partial charge on any atom is -0.487 e. The summed E-state index contributed by atoms with van der Waals surface area (Å²) in [5.41, 5.74) is 0.958. The van der Waals surface area contributed by atoms with Crippen LogP contribution in [0.3, 0.4) is 0 Å². The molecule has 0 saturated carbocycles. The number of ether oxygens (including phenoxy) is 1. The standard InChI is InChI=1S/C19H17ClN6O2S/c1-25-17-15(6-3-7-21-17)28-10-14(19(25)29)23-18(27)16-22-11-26(24-16)9-12-4-2-5-13(20)8-12/h2-8,11,14H,9-10H2,1H3,(H,23,27). The third kappa shape index (κ3) is 4.20. The van der Waals surface area contributed by atoms with Crippen LogP contribution < -0.4 is 15.0 Å². The van der Waals surface area contributed by atoms with E-state index in [1.807, 2.05) is 24.3 Å². The van der Waals surface area contributed by atoms with Gasteiger partial charge in [-0.15, -0.1) is 5.10 Å². The average molecular weight is 429 g/mol. The summed E-state index contributed by atoms with van der Waals surface area (Å²) in [5.74, 6) is 0.840. The topological polar surface area (TPSA) is 85.2 Å². The highest BCUT2D eigenvalue weighted by molar-refractivity contribution is 7.80. The Morgan fingerprint density at radius 3 is 3.03 bits per heavy atom. The van der Waals surface area contributed by atoms with Gasteiger partial charge >= 0.3 is 0 Å². The van der Waals surface area contributed by atoms with Gasteiger partial charge in [-0.1, -0.05) is 36.0 Å². The van der Waals surface area contributed by atoms with Gasteiger partial charge < -0.3 is 15.0 Å². The number of likely N-dealkylation sites (N-methyl/N-ethyl adjacent to an activating group) is 1. The van der Waals surface area contributed by atoms with Gasteiger partial charge in [0.15, 0.2) is 11.6 Å². The fourth-order valence-electron chi connectivity index (χ4n) is 2.95. The van der Waals surface area contributed by atoms with E-state index in [0.29, 0.717) is 28.1 Å². The lowest BCUT2D eigenvalue weighted by molar-refractivity contribution is 0.0927. The molecule has 8 nitrogen and oxygen atoms in total. The molecule has 0 fully saturated rings. The Labute approximate surface area is 177 Å². The average Bonchev–Trinajstić information content (AvgIpc) is 3.14. The van der Waals surface area contributed by atoms with Crippen molar-refractivity contribution in [3.63, 3.8) is 0 Å². The first-order chi connectivity index (χ1) is 14.0. The van der Waals surface area contributed by atoms with E-state index in [-0.39, 0.29) is 12.4 Å². The van der Waals surface area contributed by atoms with Crippen LogP contribution in [0.4, 0.5) is 5.82 Å². The summed E-state index contributed by atoms with van der Waals surface area (Å²) in [6.07, 6.45) is 3.17. The summed E-state index contributed by atoms with van der Waals surface area (Å²) in [6.45, 7) is 0.645. The Morgan fingerprint density at radius 2 is 2.21 bits per heavy atom. The SMILES string of the molecule is CN1C(=S)C(NC(=O)c2ncn(Cc3cccc(Cl)c3)n2)COc2cccnc21. The van der Waals surface area contributed by atoms with Crippen LogP contribution in [0.25, 0.3) is 0 Å². The number of carbonyl (C=O) groups excluding carboxylic acids is 1. The lowest BCUT2D eigenvalue weighted by atomic mass is 10.2. The number of benzene rings is 1. The van der Waals surface area contributed by atoms with Crippen molar-refractivity contribution >= 4 is 40.5 Å². The lowest BCUT2D eigenvalue weighted by Crippen LogP contribution is -2.48. The van der Waals surface area contributed by atoms with E-state index in [9.17, 15) is 4.79 Å². The fourth-order valence-corrected chi connectivity index (χ4v) is 3.38. The van der Waals surface area contributed by atoms with Crippen molar-refractivity contribution < 1.29 is 9.53 Å². The van der Waals surface area contributed by atoms with Crippen molar-refractivity contribution in [3.05, 3.63) is 65.3 Å². The fraction of sp³-hybridized carbons (Fsp3) is 0.211. The van der Waals surface area contributed by atoms with Crippen LogP contribution in [0.2, 0.25) is 5.02 Å². The number of aromatic nitrogens is 4. The van der Waals surface area contributed by atoms with E-state index in [1.165, 1.54) is 6.33 Å². The Hall–Kier alpha value is -3.04. The van der Waals surface area contributed by atoms with Crippen LogP contribution in [0, 0.1) is 0 Å². The van der Waals surface area contributed by atoms with Gasteiger partial charge in [-0.3, -0.25) is 4.79 Å². The van der Waals surface area contributed by atoms with E-state index < -0.39 is 11.9 Å². The zero-order chi connectivity index (χ0) is 20.4. The number of nitrogens with one attached hydrogen (secondary N) is 1. The van der Waals surface area contributed by atoms with Crippen LogP contribution in [-0.4, -0.2) is 50.3 Å². The molecule has 1 aromatic carbocycles.